The SMILES string of the molecule is Cc1ccnc(Cn2c(-c3ccc(OCC(=O)N4C[C@@H]5C[C@H]4CO5)cc3Cl)nc3c(OC4(C)CC4)ncnc32)c1. The standard InChI is InChI=1S/C29H29ClN6O4/c1-17-5-8-31-18(9-17)12-36-26(34-25-27(36)32-16-33-28(25)40-29(2)6-7-29)22-4-3-20(11-23(22)30)39-15-24(37)35-13-21-10-19(35)14-38-21/h3-5,8-9,11,16,19,21H,6-7,10,12-15H2,1-2H3/t19-,21-/m0/s1. The van der Waals surface area contributed by atoms with Crippen LogP contribution in [0.3, 0.4) is 0 Å². The number of halogens is 1. The monoisotopic (exact) mass is 560 g/mol. The molecule has 10 nitrogen and oxygen atoms in total. The Morgan fingerprint density at radius 2 is 2.08 bits per heavy atom. The van der Waals surface area contributed by atoms with Crippen molar-refractivity contribution in [1.29, 1.82) is 0 Å². The number of benzene rings is 1. The number of imidazole rings is 1. The summed E-state index contributed by atoms with van der Waals surface area (Å²) in [6.45, 7) is 5.72. The first kappa shape index (κ1) is 25.2. The van der Waals surface area contributed by atoms with E-state index in [4.69, 9.17) is 30.8 Å². The van der Waals surface area contributed by atoms with Crippen LogP contribution in [0.1, 0.15) is 37.4 Å². The van der Waals surface area contributed by atoms with E-state index in [1.54, 1.807) is 18.3 Å². The molecule has 7 rings (SSSR count). The molecule has 1 saturated carbocycles. The average molecular weight is 561 g/mol. The number of carbonyl (C=O) groups excluding carboxylic acids is 1. The Kier molecular flexibility index (Phi) is 6.12. The van der Waals surface area contributed by atoms with Gasteiger partial charge in [-0.2, -0.15) is 4.98 Å². The number of aromatic nitrogens is 5. The van der Waals surface area contributed by atoms with Crippen LogP contribution in [0.5, 0.6) is 11.6 Å². The first-order chi connectivity index (χ1) is 19.3. The van der Waals surface area contributed by atoms with Gasteiger partial charge in [-0.15, -0.1) is 0 Å². The van der Waals surface area contributed by atoms with Crippen LogP contribution < -0.4 is 9.47 Å². The maximum Gasteiger partial charge on any atom is 0.260 e. The lowest BCUT2D eigenvalue weighted by molar-refractivity contribution is -0.137. The van der Waals surface area contributed by atoms with Crippen molar-refractivity contribution in [2.24, 2.45) is 0 Å². The summed E-state index contributed by atoms with van der Waals surface area (Å²) in [5, 5.41) is 0.442. The number of morpholine rings is 1. The van der Waals surface area contributed by atoms with Crippen LogP contribution in [0.25, 0.3) is 22.6 Å². The van der Waals surface area contributed by atoms with Gasteiger partial charge >= 0.3 is 0 Å². The first-order valence-corrected chi connectivity index (χ1v) is 13.9. The minimum atomic E-state index is -0.223. The summed E-state index contributed by atoms with van der Waals surface area (Å²) >= 11 is 6.81. The zero-order valence-electron chi connectivity index (χ0n) is 22.3. The highest BCUT2D eigenvalue weighted by Gasteiger charge is 2.42. The van der Waals surface area contributed by atoms with Crippen LogP contribution in [-0.2, 0) is 16.1 Å². The molecule has 2 saturated heterocycles. The molecule has 0 unspecified atom stereocenters. The van der Waals surface area contributed by atoms with Crippen LogP contribution in [-0.4, -0.2) is 72.8 Å². The maximum absolute atomic E-state index is 12.7. The number of carbonyl (C=O) groups is 1. The summed E-state index contributed by atoms with van der Waals surface area (Å²) in [4.78, 5) is 33.0. The van der Waals surface area contributed by atoms with E-state index in [0.29, 0.717) is 58.9 Å². The van der Waals surface area contributed by atoms with Crippen LogP contribution in [0.4, 0.5) is 0 Å². The summed E-state index contributed by atoms with van der Waals surface area (Å²) in [7, 11) is 0. The second kappa shape index (κ2) is 9.71. The largest absolute Gasteiger partial charge is 0.484 e. The molecule has 1 amide bonds. The first-order valence-electron chi connectivity index (χ1n) is 13.5. The lowest BCUT2D eigenvalue weighted by Crippen LogP contribution is -2.43. The number of aryl methyl sites for hydroxylation is 1. The fourth-order valence-electron chi connectivity index (χ4n) is 5.40. The highest BCUT2D eigenvalue weighted by Crippen LogP contribution is 2.41. The predicted octanol–water partition coefficient (Wildman–Crippen LogP) is 4.21. The minimum absolute atomic E-state index is 0.0427. The van der Waals surface area contributed by atoms with Gasteiger partial charge in [-0.1, -0.05) is 11.6 Å². The van der Waals surface area contributed by atoms with Crippen LogP contribution >= 0.6 is 11.6 Å². The summed E-state index contributed by atoms with van der Waals surface area (Å²) in [6.07, 6.45) is 6.30. The van der Waals surface area contributed by atoms with Gasteiger partial charge in [0, 0.05) is 18.3 Å². The molecule has 3 aromatic heterocycles. The molecule has 2 atom stereocenters. The molecule has 0 N–H and O–H groups in total. The Balaban J connectivity index is 1.20. The van der Waals surface area contributed by atoms with Gasteiger partial charge in [0.2, 0.25) is 5.88 Å². The number of ether oxygens (including phenoxy) is 3. The van der Waals surface area contributed by atoms with Gasteiger partial charge in [0.15, 0.2) is 17.8 Å². The molecule has 2 aliphatic heterocycles. The Morgan fingerprint density at radius 1 is 1.20 bits per heavy atom. The molecule has 2 bridgehead atoms. The predicted molar refractivity (Wildman–Crippen MR) is 147 cm³/mol. The number of nitrogens with zero attached hydrogens (tertiary/aromatic N) is 6. The second-order valence-corrected chi connectivity index (χ2v) is 11.5. The van der Waals surface area contributed by atoms with E-state index in [0.717, 1.165) is 30.5 Å². The van der Waals surface area contributed by atoms with Crippen molar-refractivity contribution < 1.29 is 19.0 Å². The fraction of sp³-hybridized carbons (Fsp3) is 0.414. The summed E-state index contributed by atoms with van der Waals surface area (Å²) in [5.74, 6) is 1.54. The molecule has 1 aliphatic carbocycles. The number of likely N-dealkylation sites (tertiary alicyclic amines) is 1. The maximum atomic E-state index is 12.7. The third kappa shape index (κ3) is 4.75. The van der Waals surface area contributed by atoms with Crippen LogP contribution in [0.15, 0.2) is 42.9 Å². The summed E-state index contributed by atoms with van der Waals surface area (Å²) < 4.78 is 19.6. The lowest BCUT2D eigenvalue weighted by Gasteiger charge is -2.26. The Bertz CT molecular complexity index is 1620. The van der Waals surface area contributed by atoms with E-state index in [-0.39, 0.29) is 30.3 Å². The topological polar surface area (TPSA) is 104 Å². The lowest BCUT2D eigenvalue weighted by atomic mass is 10.2. The van der Waals surface area contributed by atoms with Crippen molar-refractivity contribution >= 4 is 28.7 Å². The Morgan fingerprint density at radius 3 is 2.80 bits per heavy atom. The highest BCUT2D eigenvalue weighted by molar-refractivity contribution is 6.33. The molecule has 40 heavy (non-hydrogen) atoms. The van der Waals surface area contributed by atoms with E-state index in [2.05, 4.69) is 21.9 Å². The third-order valence-corrected chi connectivity index (χ3v) is 8.17. The quantitative estimate of drug-likeness (QED) is 0.316. The second-order valence-electron chi connectivity index (χ2n) is 11.1. The number of rotatable bonds is 8. The molecule has 0 spiro atoms. The van der Waals surface area contributed by atoms with E-state index in [1.165, 1.54) is 6.33 Å². The number of amides is 1. The zero-order valence-corrected chi connectivity index (χ0v) is 23.1. The molecule has 3 fully saturated rings. The van der Waals surface area contributed by atoms with Gasteiger partial charge in [0.1, 0.15) is 23.5 Å². The van der Waals surface area contributed by atoms with E-state index in [9.17, 15) is 4.79 Å². The van der Waals surface area contributed by atoms with Gasteiger partial charge in [0.25, 0.3) is 5.91 Å². The molecular formula is C29H29ClN6O4. The zero-order chi connectivity index (χ0) is 27.4. The van der Waals surface area contributed by atoms with Crippen molar-refractivity contribution in [2.75, 3.05) is 19.8 Å². The van der Waals surface area contributed by atoms with Crippen LogP contribution in [0, 0.1) is 6.92 Å². The number of hydrogen-bond acceptors (Lipinski definition) is 8. The summed E-state index contributed by atoms with van der Waals surface area (Å²) in [5.41, 5.74) is 3.66. The van der Waals surface area contributed by atoms with Gasteiger partial charge in [-0.05, 0) is 69.0 Å². The van der Waals surface area contributed by atoms with Crippen molar-refractivity contribution in [2.45, 2.75) is 57.4 Å². The van der Waals surface area contributed by atoms with Crippen molar-refractivity contribution in [1.82, 2.24) is 29.4 Å². The molecular weight excluding hydrogens is 532 g/mol. The van der Waals surface area contributed by atoms with E-state index < -0.39 is 0 Å². The van der Waals surface area contributed by atoms with Gasteiger partial charge in [-0.25, -0.2) is 9.97 Å². The van der Waals surface area contributed by atoms with Gasteiger partial charge in [0.05, 0.1) is 36.0 Å². The van der Waals surface area contributed by atoms with Gasteiger partial charge < -0.3 is 23.7 Å². The third-order valence-electron chi connectivity index (χ3n) is 7.85. The molecule has 206 valence electrons. The minimum Gasteiger partial charge on any atom is -0.484 e. The van der Waals surface area contributed by atoms with Crippen molar-refractivity contribution in [3.63, 3.8) is 0 Å². The van der Waals surface area contributed by atoms with Crippen LogP contribution in [0.2, 0.25) is 5.02 Å². The smallest absolute Gasteiger partial charge is 0.260 e. The van der Waals surface area contributed by atoms with E-state index in [1.807, 2.05) is 34.6 Å². The van der Waals surface area contributed by atoms with Crippen molar-refractivity contribution in [3.05, 3.63) is 59.1 Å². The molecule has 1 aromatic carbocycles. The molecule has 11 heteroatoms. The fourth-order valence-corrected chi connectivity index (χ4v) is 5.66. The Labute approximate surface area is 236 Å². The number of hydrogen-bond donors (Lipinski definition) is 0. The average Bonchev–Trinajstić information content (AvgIpc) is 3.27. The van der Waals surface area contributed by atoms with Gasteiger partial charge in [-0.3, -0.25) is 9.78 Å². The summed E-state index contributed by atoms with van der Waals surface area (Å²) in [6, 6.07) is 9.52. The van der Waals surface area contributed by atoms with E-state index >= 15 is 0 Å². The molecule has 5 heterocycles. The van der Waals surface area contributed by atoms with Crippen molar-refractivity contribution in [3.8, 4) is 23.0 Å². The number of pyridine rings is 1. The molecule has 3 aliphatic rings. The number of fused-ring (bicyclic) bond motifs is 3. The molecule has 0 radical (unpaired) electrons. The normalized spacial score (nSPS) is 20.7. The Hall–Kier alpha value is -3.76. The molecule has 4 aromatic rings. The highest BCUT2D eigenvalue weighted by atomic mass is 35.5.